The smallest absolute Gasteiger partial charge is 0.0590 e. The van der Waals surface area contributed by atoms with Gasteiger partial charge < -0.3 is 0 Å². The molecule has 0 aliphatic carbocycles. The van der Waals surface area contributed by atoms with Crippen molar-refractivity contribution in [3.8, 4) is 0 Å². The zero-order chi connectivity index (χ0) is 2.71. The van der Waals surface area contributed by atoms with Crippen molar-refractivity contribution in [2.75, 3.05) is 0 Å². The molecule has 0 aromatic carbocycles. The molecule has 0 aromatic heterocycles. The molecule has 8 heavy (non-hydrogen) atoms. The van der Waals surface area contributed by atoms with Gasteiger partial charge in [0, 0.05) is 0 Å². The predicted octanol–water partition coefficient (Wildman–Crippen LogP) is 2.18. The standard InChI is InChI=1S/C3H8.5FH/c1-3-2;;;;;/h3H2,1-2H3;5*1H. The van der Waals surface area contributed by atoms with Crippen LogP contribution in [0.15, 0.2) is 0 Å². The van der Waals surface area contributed by atoms with Crippen molar-refractivity contribution in [2.24, 2.45) is 0 Å². The summed E-state index contributed by atoms with van der Waals surface area (Å²) < 4.78 is 0. The van der Waals surface area contributed by atoms with Crippen molar-refractivity contribution in [1.29, 1.82) is 0 Å². The summed E-state index contributed by atoms with van der Waals surface area (Å²) >= 11 is 0. The highest BCUT2D eigenvalue weighted by atomic mass is 19.0. The lowest BCUT2D eigenvalue weighted by molar-refractivity contribution is 1.09. The molecule has 0 amide bonds. The molecular formula is C3H13F5. The van der Waals surface area contributed by atoms with E-state index in [1.54, 1.807) is 0 Å². The van der Waals surface area contributed by atoms with Crippen LogP contribution < -0.4 is 0 Å². The van der Waals surface area contributed by atoms with Gasteiger partial charge in [0.15, 0.2) is 0 Å². The van der Waals surface area contributed by atoms with Gasteiger partial charge in [-0.25, -0.2) is 0 Å². The first-order chi connectivity index (χ1) is 1.41. The summed E-state index contributed by atoms with van der Waals surface area (Å²) in [6, 6.07) is 0. The molecule has 5 heteroatoms. The van der Waals surface area contributed by atoms with E-state index >= 15 is 0 Å². The van der Waals surface area contributed by atoms with Crippen LogP contribution in [0.5, 0.6) is 0 Å². The van der Waals surface area contributed by atoms with Gasteiger partial charge in [-0.2, -0.15) is 0 Å². The molecule has 0 spiro atoms. The highest BCUT2D eigenvalue weighted by molar-refractivity contribution is 3.92. The van der Waals surface area contributed by atoms with Crippen LogP contribution in [-0.4, -0.2) is 0 Å². The van der Waals surface area contributed by atoms with E-state index in [1.807, 2.05) is 0 Å². The summed E-state index contributed by atoms with van der Waals surface area (Å²) in [5.74, 6) is 0. The van der Waals surface area contributed by atoms with E-state index in [4.69, 9.17) is 0 Å². The molecule has 0 rings (SSSR count). The molecule has 0 heterocycles. The lowest BCUT2D eigenvalue weighted by atomic mass is 10.6. The quantitative estimate of drug-likeness (QED) is 0.457. The first kappa shape index (κ1) is 124. The van der Waals surface area contributed by atoms with Crippen molar-refractivity contribution in [2.45, 2.75) is 20.3 Å². The van der Waals surface area contributed by atoms with Crippen LogP contribution in [0.25, 0.3) is 0 Å². The minimum atomic E-state index is 0. The van der Waals surface area contributed by atoms with Crippen molar-refractivity contribution in [3.05, 3.63) is 0 Å². The summed E-state index contributed by atoms with van der Waals surface area (Å²) in [4.78, 5) is 0. The Morgan fingerprint density at radius 3 is 0.625 bits per heavy atom. The zero-order valence-electron chi connectivity index (χ0n) is 4.75. The van der Waals surface area contributed by atoms with Crippen LogP contribution >= 0.6 is 0 Å². The fraction of sp³-hybridized carbons (Fsp3) is 1.00. The highest BCUT2D eigenvalue weighted by Crippen LogP contribution is 1.56. The van der Waals surface area contributed by atoms with Crippen LogP contribution in [0.4, 0.5) is 23.5 Å². The maximum atomic E-state index is 2.12. The highest BCUT2D eigenvalue weighted by Gasteiger charge is 1.35. The second-order valence-electron chi connectivity index (χ2n) is 0.707. The van der Waals surface area contributed by atoms with Crippen LogP contribution in [0.2, 0.25) is 0 Å². The van der Waals surface area contributed by atoms with Crippen LogP contribution in [0, 0.1) is 0 Å². The van der Waals surface area contributed by atoms with Gasteiger partial charge in [0.25, 0.3) is 0 Å². The third-order valence-electron chi connectivity index (χ3n) is 0. The average molecular weight is 144 g/mol. The Morgan fingerprint density at radius 2 is 0.625 bits per heavy atom. The Hall–Kier alpha value is -0.350. The van der Waals surface area contributed by atoms with Crippen LogP contribution in [0.1, 0.15) is 20.3 Å². The van der Waals surface area contributed by atoms with Gasteiger partial charge in [-0.1, -0.05) is 20.3 Å². The number of rotatable bonds is 0. The van der Waals surface area contributed by atoms with E-state index in [1.165, 1.54) is 6.42 Å². The Balaban J connectivity index is -0.00000000200. The Bertz CT molecular complexity index is 7.64. The van der Waals surface area contributed by atoms with Gasteiger partial charge in [-0.05, 0) is 0 Å². The summed E-state index contributed by atoms with van der Waals surface area (Å²) in [5, 5.41) is 0. The molecule has 60 valence electrons. The fourth-order valence-electron chi connectivity index (χ4n) is 0. The second-order valence-corrected chi connectivity index (χ2v) is 0.707. The Labute approximate surface area is 45.1 Å². The monoisotopic (exact) mass is 144 g/mol. The molecule has 0 aromatic rings. The third-order valence-corrected chi connectivity index (χ3v) is 0. The molecular weight excluding hydrogens is 131 g/mol. The first-order valence-corrected chi connectivity index (χ1v) is 1.41. The van der Waals surface area contributed by atoms with E-state index < -0.39 is 0 Å². The molecule has 0 saturated carbocycles. The molecule has 0 aliphatic rings. The van der Waals surface area contributed by atoms with E-state index in [9.17, 15) is 0 Å². The average Bonchev–Trinajstić information content (AvgIpc) is 0.918. The van der Waals surface area contributed by atoms with Gasteiger partial charge in [-0.3, -0.25) is 23.5 Å². The topological polar surface area (TPSA) is 0 Å². The number of halogens is 5. The summed E-state index contributed by atoms with van der Waals surface area (Å²) in [5.41, 5.74) is 0. The zero-order valence-corrected chi connectivity index (χ0v) is 4.75. The van der Waals surface area contributed by atoms with Gasteiger partial charge >= 0.3 is 0 Å². The van der Waals surface area contributed by atoms with Gasteiger partial charge in [0.05, 0.1) is 0 Å². The van der Waals surface area contributed by atoms with Gasteiger partial charge in [0.1, 0.15) is 0 Å². The predicted molar refractivity (Wildman–Crippen MR) is 28.5 cm³/mol. The van der Waals surface area contributed by atoms with E-state index in [0.717, 1.165) is 0 Å². The van der Waals surface area contributed by atoms with E-state index in [-0.39, 0.29) is 23.5 Å². The maximum Gasteiger partial charge on any atom is -0.0590 e. The molecule has 0 bridgehead atoms. The molecule has 0 atom stereocenters. The van der Waals surface area contributed by atoms with E-state index in [0.29, 0.717) is 0 Å². The molecule has 0 fully saturated rings. The van der Waals surface area contributed by atoms with E-state index in [2.05, 4.69) is 13.8 Å². The van der Waals surface area contributed by atoms with Crippen LogP contribution in [-0.2, 0) is 0 Å². The number of hydrogen-bond acceptors (Lipinski definition) is 0. The summed E-state index contributed by atoms with van der Waals surface area (Å²) in [6.45, 7) is 4.25. The molecule has 0 N–H and O–H groups in total. The Morgan fingerprint density at radius 1 is 0.625 bits per heavy atom. The molecule has 0 aliphatic heterocycles. The Kier molecular flexibility index (Phi) is 7800. The first-order valence-electron chi connectivity index (χ1n) is 1.41. The number of hydrogen-bond donors (Lipinski definition) is 0. The lowest BCUT2D eigenvalue weighted by Gasteiger charge is -1.48. The lowest BCUT2D eigenvalue weighted by Crippen LogP contribution is -1.27. The van der Waals surface area contributed by atoms with Gasteiger partial charge in [-0.15, -0.1) is 0 Å². The van der Waals surface area contributed by atoms with Crippen molar-refractivity contribution < 1.29 is 23.5 Å². The largest absolute Gasteiger partial charge is 0.269 e. The van der Waals surface area contributed by atoms with Crippen molar-refractivity contribution in [1.82, 2.24) is 0 Å². The second kappa shape index (κ2) is 502. The fourth-order valence-corrected chi connectivity index (χ4v) is 0. The SMILES string of the molecule is CCC.F.F.F.F.F. The molecule has 0 nitrogen and oxygen atoms in total. The van der Waals surface area contributed by atoms with Crippen molar-refractivity contribution in [3.63, 3.8) is 0 Å². The minimum Gasteiger partial charge on any atom is -0.269 e. The normalized spacial score (nSPS) is 2.25. The van der Waals surface area contributed by atoms with Gasteiger partial charge in [0.2, 0.25) is 0 Å². The summed E-state index contributed by atoms with van der Waals surface area (Å²) in [6.07, 6.45) is 1.25. The van der Waals surface area contributed by atoms with Crippen molar-refractivity contribution >= 4 is 0 Å². The third kappa shape index (κ3) is 997. The maximum absolute atomic E-state index is 2.12. The minimum absolute atomic E-state index is 0. The molecule has 0 radical (unpaired) electrons. The molecule has 0 saturated heterocycles. The molecule has 0 unspecified atom stereocenters. The summed E-state index contributed by atoms with van der Waals surface area (Å²) in [7, 11) is 0. The van der Waals surface area contributed by atoms with Crippen LogP contribution in [0.3, 0.4) is 0 Å².